The van der Waals surface area contributed by atoms with Crippen LogP contribution in [0.5, 0.6) is 0 Å². The number of hydrogen-bond donors (Lipinski definition) is 6. The van der Waals surface area contributed by atoms with Crippen molar-refractivity contribution in [1.29, 1.82) is 0 Å². The number of halogens is 1. The maximum Gasteiger partial charge on any atom is 0.516 e. The van der Waals surface area contributed by atoms with Gasteiger partial charge < -0.3 is 84.0 Å². The van der Waals surface area contributed by atoms with E-state index in [0.29, 0.717) is 24.1 Å². The number of carbonyl (C=O) groups is 11. The van der Waals surface area contributed by atoms with Gasteiger partial charge in [0.25, 0.3) is 0 Å². The second-order valence-corrected chi connectivity index (χ2v) is 22.1. The van der Waals surface area contributed by atoms with Crippen LogP contribution in [0, 0.1) is 5.92 Å². The lowest BCUT2D eigenvalue weighted by Gasteiger charge is -2.21. The first-order chi connectivity index (χ1) is 40.9. The van der Waals surface area contributed by atoms with Crippen molar-refractivity contribution in [2.24, 2.45) is 27.0 Å². The lowest BCUT2D eigenvalue weighted by Crippen LogP contribution is -2.43. The number of ether oxygens (including phenoxy) is 9. The Morgan fingerprint density at radius 1 is 0.784 bits per heavy atom. The number of anilines is 1. The van der Waals surface area contributed by atoms with Crippen LogP contribution in [0.1, 0.15) is 116 Å². The third kappa shape index (κ3) is 45.7. The summed E-state index contributed by atoms with van der Waals surface area (Å²) in [5.74, 6) is -5.12. The van der Waals surface area contributed by atoms with Crippen molar-refractivity contribution in [3.05, 3.63) is 11.1 Å². The number of carboxylic acids is 1. The Labute approximate surface area is 524 Å². The predicted octanol–water partition coefficient (Wildman–Crippen LogP) is 5.58. The maximum atomic E-state index is 12.2. The number of alkyl carbamates (subject to hydrolysis) is 3. The number of nitrogens with zero attached hydrogens (tertiary/aromatic N) is 5. The molecule has 0 aliphatic carbocycles. The molecule has 1 fully saturated rings. The van der Waals surface area contributed by atoms with E-state index in [0.717, 1.165) is 44.1 Å². The van der Waals surface area contributed by atoms with Gasteiger partial charge in [-0.3, -0.25) is 24.7 Å². The fourth-order valence-corrected chi connectivity index (χ4v) is 6.45. The number of thiazole rings is 1. The average molecular weight is 1320 g/mol. The number of esters is 3. The molecule has 7 N–H and O–H groups in total. The smallest absolute Gasteiger partial charge is 0.480 e. The third-order valence-electron chi connectivity index (χ3n) is 8.63. The Bertz CT molecular complexity index is 2460. The van der Waals surface area contributed by atoms with Crippen molar-refractivity contribution >= 4 is 122 Å². The first-order valence-corrected chi connectivity index (χ1v) is 29.1. The van der Waals surface area contributed by atoms with Crippen molar-refractivity contribution in [3.8, 4) is 0 Å². The minimum Gasteiger partial charge on any atom is -0.480 e. The van der Waals surface area contributed by atoms with Crippen LogP contribution >= 0.6 is 34.7 Å². The Balaban J connectivity index is -0.00000105. The fraction of sp³-hybridized carbons (Fsp3) is 0.673. The Kier molecular flexibility index (Phi) is 44.7. The van der Waals surface area contributed by atoms with Crippen molar-refractivity contribution < 1.29 is 110 Å². The van der Waals surface area contributed by atoms with E-state index in [1.54, 1.807) is 88.4 Å². The monoisotopic (exact) mass is 1320 g/mol. The largest absolute Gasteiger partial charge is 0.516 e. The number of aromatic nitrogens is 1. The SMILES string of the molecule is CC(C)COC(=O)OC(=O)C(=O)NC(=O)OC(C)(C)C.CC(C)OC(=O)NC(C)C(=O)O.CCCOC(=O)Cl.CCOC(=O)/C(=N\OC)C1CSC(N)=N1.CCOC(=O)/C(=N\OC)c1csc(NC(=O)C(C)NC(=O)OC(C)(C)C)n1.CN1CCOCC1. The summed E-state index contributed by atoms with van der Waals surface area (Å²) in [6.45, 7) is 29.9. The molecule has 0 radical (unpaired) electrons. The molecule has 0 aromatic carbocycles. The number of amides is 5. The second kappa shape index (κ2) is 46.5. The average Bonchev–Trinajstić information content (AvgIpc) is 4.31. The Morgan fingerprint density at radius 2 is 1.33 bits per heavy atom. The first-order valence-electron chi connectivity index (χ1n) is 26.9. The molecule has 0 spiro atoms. The molecule has 3 unspecified atom stereocenters. The maximum absolute atomic E-state index is 12.2. The summed E-state index contributed by atoms with van der Waals surface area (Å²) in [7, 11) is 4.77. The van der Waals surface area contributed by atoms with Crippen LogP contribution in [-0.2, 0) is 81.1 Å². The van der Waals surface area contributed by atoms with E-state index in [9.17, 15) is 52.7 Å². The molecule has 36 heteroatoms. The molecule has 1 saturated heterocycles. The Hall–Kier alpha value is -7.63. The number of oxime groups is 2. The van der Waals surface area contributed by atoms with Gasteiger partial charge in [0.1, 0.15) is 49.2 Å². The van der Waals surface area contributed by atoms with Crippen molar-refractivity contribution in [2.45, 2.75) is 146 Å². The summed E-state index contributed by atoms with van der Waals surface area (Å²) in [6, 6.07) is -2.14. The van der Waals surface area contributed by atoms with Crippen LogP contribution in [0.4, 0.5) is 29.1 Å². The summed E-state index contributed by atoms with van der Waals surface area (Å²) in [4.78, 5) is 142. The fourth-order valence-electron chi connectivity index (χ4n) is 4.91. The first kappa shape index (κ1) is 84.6. The minimum atomic E-state index is -1.55. The number of hydrogen-bond acceptors (Lipinski definition) is 30. The Morgan fingerprint density at radius 3 is 1.76 bits per heavy atom. The van der Waals surface area contributed by atoms with E-state index < -0.39 is 88.8 Å². The van der Waals surface area contributed by atoms with E-state index in [1.165, 1.54) is 45.2 Å². The summed E-state index contributed by atoms with van der Waals surface area (Å²) in [5, 5.41) is 26.6. The number of imide groups is 1. The van der Waals surface area contributed by atoms with Gasteiger partial charge in [-0.25, -0.2) is 43.3 Å². The molecule has 2 aliphatic heterocycles. The van der Waals surface area contributed by atoms with Gasteiger partial charge in [-0.15, -0.1) is 11.3 Å². The molecule has 5 amide bonds. The molecule has 0 bridgehead atoms. The molecular formula is C52H87ClN10O23S2. The summed E-state index contributed by atoms with van der Waals surface area (Å²) >= 11 is 7.26. The molecule has 1 aromatic rings. The molecule has 1 aromatic heterocycles. The van der Waals surface area contributed by atoms with Crippen molar-refractivity contribution in [2.75, 3.05) is 85.1 Å². The highest BCUT2D eigenvalue weighted by molar-refractivity contribution is 8.14. The molecular weight excluding hydrogens is 1230 g/mol. The van der Waals surface area contributed by atoms with Crippen LogP contribution in [-0.4, -0.2) is 212 Å². The predicted molar refractivity (Wildman–Crippen MR) is 323 cm³/mol. The van der Waals surface area contributed by atoms with Gasteiger partial charge in [-0.1, -0.05) is 42.8 Å². The van der Waals surface area contributed by atoms with Crippen molar-refractivity contribution in [1.82, 2.24) is 25.8 Å². The number of rotatable bonds is 18. The highest BCUT2D eigenvalue weighted by Gasteiger charge is 2.30. The molecule has 2 aliphatic rings. The van der Waals surface area contributed by atoms with Gasteiger partial charge >= 0.3 is 59.6 Å². The number of thioether (sulfide) groups is 1. The zero-order chi connectivity index (χ0) is 68.3. The van der Waals surface area contributed by atoms with Gasteiger partial charge in [0, 0.05) is 35.8 Å². The highest BCUT2D eigenvalue weighted by Crippen LogP contribution is 2.19. The van der Waals surface area contributed by atoms with Crippen LogP contribution in [0.3, 0.4) is 0 Å². The number of likely N-dealkylation sites (N-methyl/N-ethyl adjacent to an activating group) is 1. The van der Waals surface area contributed by atoms with Gasteiger partial charge in [-0.2, -0.15) is 0 Å². The number of nitrogens with one attached hydrogen (secondary N) is 4. The number of morpholine rings is 1. The normalized spacial score (nSPS) is 14.3. The standard InChI is InChI=1S/C16H24N4O6S.C12H19NO7.C8H13N3O3S.C7H13NO4.C5H11NO.C4H7ClO2/c1-7-25-13(22)11(20-24-6)10-8-27-14(18-10)19-12(21)9(2)17-15(23)26-16(3,4)5;1-7(2)6-18-11(17)19-9(15)8(14)13-10(16)20-12(3,4)5;1-3-14-7(12)6(11-13-2)5-4-15-8(9)10-5;1-4(2)12-7(11)8-5(3)6(9)10;1-6-2-4-7-5-3-6;1-2-3-7-4(5)6/h8-9H,7H2,1-6H3,(H,17,23)(H,18,19,21);7H,6H2,1-5H3,(H,13,14,16);5H,3-4H2,1-2H3,(H2,9,10);4-5H,1-3H3,(H,8,11)(H,9,10);2-5H2,1H3;2-3H2,1H3/b20-11-;;11-6-;;;. The van der Waals surface area contributed by atoms with E-state index in [-0.39, 0.29) is 53.5 Å². The zero-order valence-corrected chi connectivity index (χ0v) is 55.4. The quantitative estimate of drug-likeness (QED) is 0.0199. The zero-order valence-electron chi connectivity index (χ0n) is 53.0. The lowest BCUT2D eigenvalue weighted by molar-refractivity contribution is -0.152. The van der Waals surface area contributed by atoms with Crippen molar-refractivity contribution in [3.63, 3.8) is 0 Å². The number of aliphatic carboxylic acids is 1. The van der Waals surface area contributed by atoms with Crippen LogP contribution < -0.4 is 27.0 Å². The second-order valence-electron chi connectivity index (χ2n) is 19.9. The van der Waals surface area contributed by atoms with Gasteiger partial charge in [-0.05, 0) is 102 Å². The van der Waals surface area contributed by atoms with Gasteiger partial charge in [0.05, 0.1) is 45.7 Å². The number of carbonyl (C=O) groups excluding carboxylic acids is 10. The van der Waals surface area contributed by atoms with Crippen LogP contribution in [0.25, 0.3) is 0 Å². The molecule has 502 valence electrons. The molecule has 3 atom stereocenters. The molecule has 0 saturated carbocycles. The molecule has 88 heavy (non-hydrogen) atoms. The van der Waals surface area contributed by atoms with E-state index in [4.69, 9.17) is 46.1 Å². The number of carboxylic acid groups (broad SMARTS) is 1. The molecule has 3 heterocycles. The molecule has 33 nitrogen and oxygen atoms in total. The third-order valence-corrected chi connectivity index (χ3v) is 10.4. The summed E-state index contributed by atoms with van der Waals surface area (Å²) in [5.41, 5.74) is 3.52. The number of amidine groups is 1. The highest BCUT2D eigenvalue weighted by atomic mass is 35.5. The molecule has 3 rings (SSSR count). The minimum absolute atomic E-state index is 0.0415. The lowest BCUT2D eigenvalue weighted by atomic mass is 10.2. The van der Waals surface area contributed by atoms with E-state index >= 15 is 0 Å². The van der Waals surface area contributed by atoms with Crippen LogP contribution in [0.15, 0.2) is 20.7 Å². The van der Waals surface area contributed by atoms with Gasteiger partial charge in [0.2, 0.25) is 11.6 Å². The van der Waals surface area contributed by atoms with E-state index in [1.807, 2.05) is 6.92 Å². The number of aliphatic imine (C=N–C) groups is 1. The summed E-state index contributed by atoms with van der Waals surface area (Å²) < 4.78 is 42.2. The topological polar surface area (TPSA) is 437 Å². The summed E-state index contributed by atoms with van der Waals surface area (Å²) in [6.07, 6.45) is -3.26. The number of nitrogens with two attached hydrogens (primary N) is 1. The van der Waals surface area contributed by atoms with Gasteiger partial charge in [0.15, 0.2) is 16.0 Å². The van der Waals surface area contributed by atoms with Crippen LogP contribution in [0.2, 0.25) is 0 Å². The van der Waals surface area contributed by atoms with E-state index in [2.05, 4.69) is 76.8 Å².